The highest BCUT2D eigenvalue weighted by molar-refractivity contribution is 7.99. The Hall–Kier alpha value is -3.11. The minimum absolute atomic E-state index is 0.00853. The monoisotopic (exact) mass is 439 g/mol. The fourth-order valence-electron chi connectivity index (χ4n) is 2.45. The lowest BCUT2D eigenvalue weighted by molar-refractivity contribution is -0.114. The summed E-state index contributed by atoms with van der Waals surface area (Å²) in [6.45, 7) is 4.16. The average Bonchev–Trinajstić information content (AvgIpc) is 3.24. The summed E-state index contributed by atoms with van der Waals surface area (Å²) < 4.78 is 0. The smallest absolute Gasteiger partial charge is 0.273 e. The second-order valence-electron chi connectivity index (χ2n) is 6.01. The molecule has 0 spiro atoms. The van der Waals surface area contributed by atoms with Crippen molar-refractivity contribution in [2.75, 3.05) is 5.75 Å². The second kappa shape index (κ2) is 10.6. The van der Waals surface area contributed by atoms with Crippen LogP contribution in [0.3, 0.4) is 0 Å². The normalized spacial score (nSPS) is 11.7. The molecule has 0 aliphatic carbocycles. The number of carbonyl (C=O) groups excluding carboxylic acids is 1. The molecule has 1 aromatic carbocycles. The van der Waals surface area contributed by atoms with E-state index in [0.29, 0.717) is 10.7 Å². The number of benzene rings is 1. The van der Waals surface area contributed by atoms with E-state index in [1.165, 1.54) is 17.6 Å². The summed E-state index contributed by atoms with van der Waals surface area (Å²) in [5, 5.41) is 17.0. The van der Waals surface area contributed by atoms with Crippen LogP contribution in [-0.4, -0.2) is 38.8 Å². The Balaban J connectivity index is 1.60. The number of carbonyl (C=O) groups is 1. The number of pyridine rings is 1. The van der Waals surface area contributed by atoms with Crippen LogP contribution in [0, 0.1) is 6.92 Å². The zero-order valence-electron chi connectivity index (χ0n) is 16.6. The van der Waals surface area contributed by atoms with E-state index < -0.39 is 5.91 Å². The molecule has 3 N–H and O–H groups in total. The maximum absolute atomic E-state index is 12.4. The molecule has 30 heavy (non-hydrogen) atoms. The van der Waals surface area contributed by atoms with Crippen LogP contribution < -0.4 is 11.2 Å². The molecule has 0 fully saturated rings. The van der Waals surface area contributed by atoms with E-state index in [1.807, 2.05) is 49.4 Å². The Morgan fingerprint density at radius 3 is 2.73 bits per heavy atom. The number of thioether (sulfide) groups is 1. The lowest BCUT2D eigenvalue weighted by Crippen LogP contribution is -2.32. The molecular weight excluding hydrogens is 418 g/mol. The van der Waals surface area contributed by atoms with Gasteiger partial charge in [0.2, 0.25) is 0 Å². The number of aliphatic imine (C=N–C) groups is 1. The number of hydrazone groups is 1. The zero-order chi connectivity index (χ0) is 21.3. The van der Waals surface area contributed by atoms with Crippen LogP contribution in [0.1, 0.15) is 17.6 Å². The van der Waals surface area contributed by atoms with Crippen molar-refractivity contribution in [1.29, 1.82) is 0 Å². The van der Waals surface area contributed by atoms with Gasteiger partial charge >= 0.3 is 0 Å². The Labute approximate surface area is 182 Å². The third kappa shape index (κ3) is 5.71. The molecule has 0 aliphatic rings. The van der Waals surface area contributed by atoms with Gasteiger partial charge in [0.1, 0.15) is 10.0 Å². The van der Waals surface area contributed by atoms with Crippen molar-refractivity contribution in [2.45, 2.75) is 25.4 Å². The van der Waals surface area contributed by atoms with Gasteiger partial charge in [-0.1, -0.05) is 48.6 Å². The summed E-state index contributed by atoms with van der Waals surface area (Å²) in [7, 11) is 0. The van der Waals surface area contributed by atoms with Gasteiger partial charge in [-0.2, -0.15) is 5.10 Å². The molecule has 0 unspecified atom stereocenters. The molecule has 3 aromatic rings. The van der Waals surface area contributed by atoms with Crippen molar-refractivity contribution in [1.82, 2.24) is 20.5 Å². The molecular formula is C20H21N7OS2. The van der Waals surface area contributed by atoms with Gasteiger partial charge in [0.25, 0.3) is 5.91 Å². The number of rotatable bonds is 8. The highest BCUT2D eigenvalue weighted by Gasteiger charge is 2.12. The number of nitrogens with one attached hydrogen (secondary N) is 1. The summed E-state index contributed by atoms with van der Waals surface area (Å²) in [4.78, 5) is 21.2. The van der Waals surface area contributed by atoms with Crippen molar-refractivity contribution < 1.29 is 4.79 Å². The van der Waals surface area contributed by atoms with Gasteiger partial charge in [-0.05, 0) is 24.8 Å². The summed E-state index contributed by atoms with van der Waals surface area (Å²) in [5.41, 5.74) is 2.41. The van der Waals surface area contributed by atoms with Crippen LogP contribution in [0.15, 0.2) is 57.6 Å². The van der Waals surface area contributed by atoms with Crippen molar-refractivity contribution in [3.05, 3.63) is 53.2 Å². The van der Waals surface area contributed by atoms with Crippen molar-refractivity contribution in [3.63, 3.8) is 0 Å². The second-order valence-corrected chi connectivity index (χ2v) is 8.36. The first-order chi connectivity index (χ1) is 14.6. The summed E-state index contributed by atoms with van der Waals surface area (Å²) >= 11 is 3.07. The first kappa shape index (κ1) is 21.6. The van der Waals surface area contributed by atoms with Crippen molar-refractivity contribution in [2.24, 2.45) is 15.9 Å². The summed E-state index contributed by atoms with van der Waals surface area (Å²) in [6, 6.07) is 13.5. The molecule has 1 amide bonds. The van der Waals surface area contributed by atoms with E-state index in [0.717, 1.165) is 27.0 Å². The van der Waals surface area contributed by atoms with Crippen molar-refractivity contribution >= 4 is 46.6 Å². The lowest BCUT2D eigenvalue weighted by atomic mass is 10.2. The highest BCUT2D eigenvalue weighted by Crippen LogP contribution is 2.23. The minimum Gasteiger partial charge on any atom is -0.344 e. The molecule has 0 aliphatic heterocycles. The first-order valence-corrected chi connectivity index (χ1v) is 11.0. The fraction of sp³-hybridized carbons (Fsp3) is 0.200. The van der Waals surface area contributed by atoms with Crippen LogP contribution in [0.2, 0.25) is 0 Å². The largest absolute Gasteiger partial charge is 0.344 e. The first-order valence-electron chi connectivity index (χ1n) is 9.19. The van der Waals surface area contributed by atoms with E-state index in [1.54, 1.807) is 11.8 Å². The predicted octanol–water partition coefficient (Wildman–Crippen LogP) is 3.35. The SMILES string of the molecule is CCSc1ccc(N=C/C(=N\N)C(=O)NCc2nnc(-c3ccccc3)s2)c(C)n1. The fourth-order valence-corrected chi connectivity index (χ4v) is 3.89. The van der Waals surface area contributed by atoms with Crippen LogP contribution in [0.25, 0.3) is 10.6 Å². The molecule has 2 aromatic heterocycles. The summed E-state index contributed by atoms with van der Waals surface area (Å²) in [6.07, 6.45) is 1.33. The average molecular weight is 440 g/mol. The number of hydrogen-bond donors (Lipinski definition) is 2. The number of aryl methyl sites for hydroxylation is 1. The Bertz CT molecular complexity index is 1060. The molecule has 8 nitrogen and oxygen atoms in total. The molecule has 0 atom stereocenters. The molecule has 10 heteroatoms. The van der Waals surface area contributed by atoms with Crippen LogP contribution in [-0.2, 0) is 11.3 Å². The van der Waals surface area contributed by atoms with Crippen molar-refractivity contribution in [3.8, 4) is 10.6 Å². The third-order valence-electron chi connectivity index (χ3n) is 3.91. The molecule has 0 radical (unpaired) electrons. The number of hydrogen-bond acceptors (Lipinski definition) is 9. The minimum atomic E-state index is -0.443. The molecule has 3 rings (SSSR count). The lowest BCUT2D eigenvalue weighted by Gasteiger charge is -2.04. The number of nitrogens with two attached hydrogens (primary N) is 1. The summed E-state index contributed by atoms with van der Waals surface area (Å²) in [5.74, 6) is 5.88. The number of amides is 1. The van der Waals surface area contributed by atoms with E-state index in [2.05, 4.69) is 37.5 Å². The molecule has 0 saturated carbocycles. The van der Waals surface area contributed by atoms with Crippen LogP contribution >= 0.6 is 23.1 Å². The van der Waals surface area contributed by atoms with Gasteiger partial charge in [-0.25, -0.2) is 4.98 Å². The van der Waals surface area contributed by atoms with Gasteiger partial charge < -0.3 is 11.2 Å². The van der Waals surface area contributed by atoms with E-state index in [4.69, 9.17) is 5.84 Å². The van der Waals surface area contributed by atoms with Crippen LogP contribution in [0.4, 0.5) is 5.69 Å². The topological polar surface area (TPSA) is 119 Å². The van der Waals surface area contributed by atoms with Gasteiger partial charge in [-0.15, -0.1) is 22.0 Å². The van der Waals surface area contributed by atoms with Gasteiger partial charge in [-0.3, -0.25) is 9.79 Å². The van der Waals surface area contributed by atoms with E-state index in [-0.39, 0.29) is 12.3 Å². The zero-order valence-corrected chi connectivity index (χ0v) is 18.2. The predicted molar refractivity (Wildman–Crippen MR) is 122 cm³/mol. The Morgan fingerprint density at radius 1 is 1.23 bits per heavy atom. The van der Waals surface area contributed by atoms with E-state index in [9.17, 15) is 4.79 Å². The molecule has 0 bridgehead atoms. The Kier molecular flexibility index (Phi) is 7.63. The number of nitrogens with zero attached hydrogens (tertiary/aromatic N) is 5. The number of aromatic nitrogens is 3. The van der Waals surface area contributed by atoms with E-state index >= 15 is 0 Å². The quantitative estimate of drug-likeness (QED) is 0.240. The maximum atomic E-state index is 12.4. The molecule has 2 heterocycles. The maximum Gasteiger partial charge on any atom is 0.273 e. The molecule has 0 saturated heterocycles. The molecule has 154 valence electrons. The highest BCUT2D eigenvalue weighted by atomic mass is 32.2. The van der Waals surface area contributed by atoms with Crippen LogP contribution in [0.5, 0.6) is 0 Å². The standard InChI is InChI=1S/C20H21N7OS2/c1-3-29-17-10-9-15(13(2)24-17)22-11-16(25-21)19(28)23-12-18-26-27-20(30-18)14-7-5-4-6-8-14/h4-11H,3,12,21H2,1-2H3,(H,23,28)/b22-11?,25-16+. The Morgan fingerprint density at radius 2 is 2.03 bits per heavy atom. The van der Waals surface area contributed by atoms with Gasteiger partial charge in [0, 0.05) is 5.56 Å². The van der Waals surface area contributed by atoms with Gasteiger partial charge in [0.05, 0.1) is 29.2 Å². The van der Waals surface area contributed by atoms with Gasteiger partial charge in [0.15, 0.2) is 5.71 Å². The third-order valence-corrected chi connectivity index (χ3v) is 5.69.